The van der Waals surface area contributed by atoms with E-state index in [-0.39, 0.29) is 41.1 Å². The lowest BCUT2D eigenvalue weighted by Crippen LogP contribution is -2.50. The number of nitrogens with one attached hydrogen (secondary N) is 1. The van der Waals surface area contributed by atoms with Crippen LogP contribution in [0.4, 0.5) is 5.00 Å². The molecule has 1 aromatic heterocycles. The van der Waals surface area contributed by atoms with Crippen molar-refractivity contribution in [3.05, 3.63) is 16.0 Å². The number of rotatable bonds is 8. The summed E-state index contributed by atoms with van der Waals surface area (Å²) in [6.45, 7) is 6.79. The average Bonchev–Trinajstić information content (AvgIpc) is 2.97. The van der Waals surface area contributed by atoms with E-state index in [9.17, 15) is 22.8 Å². The molecule has 1 aliphatic rings. The molecule has 0 aromatic carbocycles. The Hall–Kier alpha value is -2.02. The van der Waals surface area contributed by atoms with Crippen LogP contribution in [0.1, 0.15) is 39.4 Å². The van der Waals surface area contributed by atoms with Crippen molar-refractivity contribution in [3.63, 3.8) is 0 Å². The van der Waals surface area contributed by atoms with Gasteiger partial charge in [0.1, 0.15) is 9.88 Å². The fourth-order valence-electron chi connectivity index (χ4n) is 3.03. The quantitative estimate of drug-likeness (QED) is 0.567. The van der Waals surface area contributed by atoms with Gasteiger partial charge in [-0.3, -0.25) is 9.69 Å². The van der Waals surface area contributed by atoms with Crippen molar-refractivity contribution in [2.45, 2.75) is 20.8 Å². The molecule has 12 heteroatoms. The normalized spacial score (nSPS) is 15.6. The first-order chi connectivity index (χ1) is 14.1. The molecule has 2 heterocycles. The summed E-state index contributed by atoms with van der Waals surface area (Å²) in [6, 6.07) is 0. The van der Waals surface area contributed by atoms with Crippen LogP contribution in [0.2, 0.25) is 0 Å². The van der Waals surface area contributed by atoms with Crippen LogP contribution in [0, 0.1) is 6.92 Å². The number of piperazine rings is 1. The maximum atomic E-state index is 12.6. The van der Waals surface area contributed by atoms with E-state index in [0.29, 0.717) is 31.7 Å². The van der Waals surface area contributed by atoms with Crippen LogP contribution in [0.25, 0.3) is 0 Å². The number of thiophene rings is 1. The Morgan fingerprint density at radius 1 is 1.03 bits per heavy atom. The average molecular weight is 462 g/mol. The molecule has 2 rings (SSSR count). The van der Waals surface area contributed by atoms with Gasteiger partial charge in [0, 0.05) is 26.2 Å². The number of carbonyl (C=O) groups excluding carboxylic acids is 3. The Kier molecular flexibility index (Phi) is 8.35. The third kappa shape index (κ3) is 6.00. The molecule has 0 bridgehead atoms. The number of ether oxygens (including phenoxy) is 2. The van der Waals surface area contributed by atoms with Crippen LogP contribution in [0.5, 0.6) is 0 Å². The molecule has 0 spiro atoms. The molecule has 1 fully saturated rings. The summed E-state index contributed by atoms with van der Waals surface area (Å²) in [4.78, 5) is 39.2. The molecule has 1 aromatic rings. The molecular formula is C18H27N3O7S2. The molecule has 0 unspecified atom stereocenters. The third-order valence-electron chi connectivity index (χ3n) is 4.51. The lowest BCUT2D eigenvalue weighted by Gasteiger charge is -2.32. The molecule has 1 saturated heterocycles. The largest absolute Gasteiger partial charge is 0.462 e. The topological polar surface area (TPSA) is 122 Å². The zero-order valence-corrected chi connectivity index (χ0v) is 19.2. The van der Waals surface area contributed by atoms with Gasteiger partial charge in [0.25, 0.3) is 0 Å². The molecule has 0 radical (unpaired) electrons. The highest BCUT2D eigenvalue weighted by atomic mass is 32.2. The monoisotopic (exact) mass is 461 g/mol. The first kappa shape index (κ1) is 24.3. The van der Waals surface area contributed by atoms with E-state index in [0.717, 1.165) is 17.6 Å². The summed E-state index contributed by atoms with van der Waals surface area (Å²) < 4.78 is 34.7. The molecule has 30 heavy (non-hydrogen) atoms. The van der Waals surface area contributed by atoms with Crippen LogP contribution in [0.3, 0.4) is 0 Å². The van der Waals surface area contributed by atoms with Crippen LogP contribution in [0.15, 0.2) is 0 Å². The second-order valence-corrected chi connectivity index (χ2v) is 9.69. The van der Waals surface area contributed by atoms with Gasteiger partial charge in [-0.05, 0) is 26.3 Å². The minimum Gasteiger partial charge on any atom is -0.462 e. The predicted octanol–water partition coefficient (Wildman–Crippen LogP) is 0.926. The van der Waals surface area contributed by atoms with E-state index in [1.165, 1.54) is 4.31 Å². The van der Waals surface area contributed by atoms with E-state index in [1.807, 2.05) is 4.90 Å². The van der Waals surface area contributed by atoms with Crippen LogP contribution >= 0.6 is 11.3 Å². The van der Waals surface area contributed by atoms with E-state index >= 15 is 0 Å². The summed E-state index contributed by atoms with van der Waals surface area (Å²) >= 11 is 0.969. The smallest absolute Gasteiger partial charge is 0.348 e. The summed E-state index contributed by atoms with van der Waals surface area (Å²) in [5, 5.41) is 2.92. The van der Waals surface area contributed by atoms with Gasteiger partial charge >= 0.3 is 11.9 Å². The molecule has 0 atom stereocenters. The van der Waals surface area contributed by atoms with Gasteiger partial charge in [-0.1, -0.05) is 0 Å². The van der Waals surface area contributed by atoms with E-state index in [4.69, 9.17) is 9.47 Å². The van der Waals surface area contributed by atoms with Crippen LogP contribution < -0.4 is 5.32 Å². The van der Waals surface area contributed by atoms with E-state index in [2.05, 4.69) is 5.32 Å². The number of amides is 1. The highest BCUT2D eigenvalue weighted by Gasteiger charge is 2.28. The lowest BCUT2D eigenvalue weighted by molar-refractivity contribution is -0.117. The molecule has 1 N–H and O–H groups in total. The zero-order valence-electron chi connectivity index (χ0n) is 17.5. The molecule has 1 amide bonds. The number of esters is 2. The van der Waals surface area contributed by atoms with Gasteiger partial charge in [0.15, 0.2) is 0 Å². The summed E-state index contributed by atoms with van der Waals surface area (Å²) in [6.07, 6.45) is 1.16. The van der Waals surface area contributed by atoms with Gasteiger partial charge in [-0.15, -0.1) is 11.3 Å². The van der Waals surface area contributed by atoms with Crippen molar-refractivity contribution < 1.29 is 32.3 Å². The van der Waals surface area contributed by atoms with Crippen molar-refractivity contribution in [1.29, 1.82) is 0 Å². The Bertz CT molecular complexity index is 903. The Balaban J connectivity index is 2.12. The van der Waals surface area contributed by atoms with Gasteiger partial charge < -0.3 is 14.8 Å². The third-order valence-corrected chi connectivity index (χ3v) is 7.00. The molecule has 0 aliphatic carbocycles. The van der Waals surface area contributed by atoms with Gasteiger partial charge in [-0.25, -0.2) is 18.0 Å². The first-order valence-corrected chi connectivity index (χ1v) is 12.2. The highest BCUT2D eigenvalue weighted by Crippen LogP contribution is 2.34. The van der Waals surface area contributed by atoms with Crippen molar-refractivity contribution in [2.75, 3.05) is 57.5 Å². The second kappa shape index (κ2) is 10.3. The summed E-state index contributed by atoms with van der Waals surface area (Å²) in [5.41, 5.74) is 0.536. The fraction of sp³-hybridized carbons (Fsp3) is 0.611. The molecule has 10 nitrogen and oxygen atoms in total. The standard InChI is InChI=1S/C18H27N3O7S2/c1-5-27-17(23)14-12(3)15(18(24)28-6-2)29-16(14)19-13(22)11-20-7-9-21(10-8-20)30(4,25)26/h5-11H2,1-4H3,(H,19,22). The Labute approximate surface area is 180 Å². The number of sulfonamides is 1. The Morgan fingerprint density at radius 3 is 2.13 bits per heavy atom. The molecule has 0 saturated carbocycles. The number of carbonyl (C=O) groups is 3. The second-order valence-electron chi connectivity index (χ2n) is 6.69. The SMILES string of the molecule is CCOC(=O)c1sc(NC(=O)CN2CCN(S(C)(=O)=O)CC2)c(C(=O)OCC)c1C. The first-order valence-electron chi connectivity index (χ1n) is 9.53. The highest BCUT2D eigenvalue weighted by molar-refractivity contribution is 7.88. The fourth-order valence-corrected chi connectivity index (χ4v) is 4.96. The van der Waals surface area contributed by atoms with Crippen LogP contribution in [-0.2, 0) is 24.3 Å². The number of hydrogen-bond acceptors (Lipinski definition) is 9. The van der Waals surface area contributed by atoms with Crippen LogP contribution in [-0.4, -0.2) is 87.7 Å². The summed E-state index contributed by atoms with van der Waals surface area (Å²) in [7, 11) is -3.25. The minimum absolute atomic E-state index is 0.0333. The number of nitrogens with zero attached hydrogens (tertiary/aromatic N) is 2. The number of hydrogen-bond donors (Lipinski definition) is 1. The van der Waals surface area contributed by atoms with Crippen molar-refractivity contribution in [1.82, 2.24) is 9.21 Å². The van der Waals surface area contributed by atoms with Gasteiger partial charge in [-0.2, -0.15) is 4.31 Å². The lowest BCUT2D eigenvalue weighted by atomic mass is 10.1. The maximum absolute atomic E-state index is 12.6. The van der Waals surface area contributed by atoms with Gasteiger partial charge in [0.2, 0.25) is 15.9 Å². The van der Waals surface area contributed by atoms with Gasteiger partial charge in [0.05, 0.1) is 31.6 Å². The van der Waals surface area contributed by atoms with E-state index < -0.39 is 22.0 Å². The van der Waals surface area contributed by atoms with Crippen molar-refractivity contribution >= 4 is 44.2 Å². The van der Waals surface area contributed by atoms with Crippen molar-refractivity contribution in [2.24, 2.45) is 0 Å². The number of anilines is 1. The zero-order chi connectivity index (χ0) is 22.5. The van der Waals surface area contributed by atoms with E-state index in [1.54, 1.807) is 20.8 Å². The molecular weight excluding hydrogens is 434 g/mol. The minimum atomic E-state index is -3.25. The predicted molar refractivity (Wildman–Crippen MR) is 112 cm³/mol. The molecule has 1 aliphatic heterocycles. The van der Waals surface area contributed by atoms with Crippen molar-refractivity contribution in [3.8, 4) is 0 Å². The Morgan fingerprint density at radius 2 is 1.60 bits per heavy atom. The summed E-state index contributed by atoms with van der Waals surface area (Å²) in [5.74, 6) is -1.56. The maximum Gasteiger partial charge on any atom is 0.348 e. The molecule has 168 valence electrons.